The molecule has 1 fully saturated rings. The number of hydrogen-bond acceptors (Lipinski definition) is 6. The average molecular weight is 335 g/mol. The molecule has 1 aliphatic heterocycles. The van der Waals surface area contributed by atoms with Gasteiger partial charge < -0.3 is 19.9 Å². The molecule has 0 saturated carbocycles. The van der Waals surface area contributed by atoms with E-state index in [1.165, 1.54) is 0 Å². The van der Waals surface area contributed by atoms with Crippen molar-refractivity contribution >= 4 is 17.9 Å². The number of carbonyl (C=O) groups is 2. The van der Waals surface area contributed by atoms with Crippen molar-refractivity contribution in [1.29, 1.82) is 0 Å². The summed E-state index contributed by atoms with van der Waals surface area (Å²) in [6.07, 6.45) is 3.27. The third kappa shape index (κ3) is 5.07. The van der Waals surface area contributed by atoms with Gasteiger partial charge in [-0.05, 0) is 19.9 Å². The first kappa shape index (κ1) is 18.0. The van der Waals surface area contributed by atoms with Gasteiger partial charge in [0, 0.05) is 45.1 Å². The molecule has 2 rings (SSSR count). The van der Waals surface area contributed by atoms with Crippen LogP contribution in [0, 0.1) is 5.92 Å². The first-order chi connectivity index (χ1) is 11.5. The SMILES string of the molecule is CC(C)OC(=O)[C@H](C)CNC(=O)N1CCN(c2ncccn2)CC1. The highest BCUT2D eigenvalue weighted by Gasteiger charge is 2.23. The number of anilines is 1. The fourth-order valence-electron chi connectivity index (χ4n) is 2.35. The summed E-state index contributed by atoms with van der Waals surface area (Å²) in [6, 6.07) is 1.62. The van der Waals surface area contributed by atoms with Crippen molar-refractivity contribution in [1.82, 2.24) is 20.2 Å². The van der Waals surface area contributed by atoms with Gasteiger partial charge in [-0.25, -0.2) is 14.8 Å². The highest BCUT2D eigenvalue weighted by Crippen LogP contribution is 2.10. The van der Waals surface area contributed by atoms with Gasteiger partial charge in [0.1, 0.15) is 0 Å². The molecule has 1 atom stereocenters. The molecule has 24 heavy (non-hydrogen) atoms. The van der Waals surface area contributed by atoms with Crippen LogP contribution in [0.4, 0.5) is 10.7 Å². The van der Waals surface area contributed by atoms with Crippen molar-refractivity contribution in [3.8, 4) is 0 Å². The Morgan fingerprint density at radius 2 is 1.79 bits per heavy atom. The third-order valence-electron chi connectivity index (χ3n) is 3.72. The number of amides is 2. The predicted molar refractivity (Wildman–Crippen MR) is 89.6 cm³/mol. The molecule has 1 aliphatic rings. The zero-order valence-electron chi connectivity index (χ0n) is 14.4. The molecule has 1 aromatic rings. The maximum atomic E-state index is 12.2. The lowest BCUT2D eigenvalue weighted by Gasteiger charge is -2.34. The monoisotopic (exact) mass is 335 g/mol. The van der Waals surface area contributed by atoms with Crippen LogP contribution in [0.25, 0.3) is 0 Å². The second-order valence-corrected chi connectivity index (χ2v) is 6.10. The Kier molecular flexibility index (Phi) is 6.34. The van der Waals surface area contributed by atoms with Gasteiger partial charge in [0.05, 0.1) is 12.0 Å². The van der Waals surface area contributed by atoms with Crippen LogP contribution in [-0.2, 0) is 9.53 Å². The van der Waals surface area contributed by atoms with Crippen LogP contribution in [0.2, 0.25) is 0 Å². The van der Waals surface area contributed by atoms with Gasteiger partial charge in [-0.1, -0.05) is 6.92 Å². The minimum absolute atomic E-state index is 0.149. The first-order valence-corrected chi connectivity index (χ1v) is 8.22. The van der Waals surface area contributed by atoms with Crippen molar-refractivity contribution < 1.29 is 14.3 Å². The van der Waals surface area contributed by atoms with Crippen LogP contribution in [-0.4, -0.2) is 65.7 Å². The molecule has 1 N–H and O–H groups in total. The lowest BCUT2D eigenvalue weighted by molar-refractivity contribution is -0.151. The van der Waals surface area contributed by atoms with Crippen LogP contribution in [0.15, 0.2) is 18.5 Å². The number of carbonyl (C=O) groups excluding carboxylic acids is 2. The molecule has 132 valence electrons. The number of esters is 1. The second-order valence-electron chi connectivity index (χ2n) is 6.10. The Labute approximate surface area is 142 Å². The largest absolute Gasteiger partial charge is 0.463 e. The molecule has 1 saturated heterocycles. The van der Waals surface area contributed by atoms with E-state index < -0.39 is 0 Å². The summed E-state index contributed by atoms with van der Waals surface area (Å²) in [4.78, 5) is 36.2. The summed E-state index contributed by atoms with van der Waals surface area (Å²) in [5.41, 5.74) is 0. The van der Waals surface area contributed by atoms with Gasteiger partial charge in [-0.2, -0.15) is 0 Å². The summed E-state index contributed by atoms with van der Waals surface area (Å²) in [7, 11) is 0. The van der Waals surface area contributed by atoms with E-state index in [9.17, 15) is 9.59 Å². The number of hydrogen-bond donors (Lipinski definition) is 1. The Hall–Kier alpha value is -2.38. The molecule has 0 bridgehead atoms. The third-order valence-corrected chi connectivity index (χ3v) is 3.72. The van der Waals surface area contributed by atoms with Gasteiger partial charge in [0.25, 0.3) is 0 Å². The van der Waals surface area contributed by atoms with Crippen molar-refractivity contribution in [3.63, 3.8) is 0 Å². The van der Waals surface area contributed by atoms with Crippen molar-refractivity contribution in [3.05, 3.63) is 18.5 Å². The van der Waals surface area contributed by atoms with E-state index in [1.807, 2.05) is 4.90 Å². The van der Waals surface area contributed by atoms with Crippen LogP contribution in [0.5, 0.6) is 0 Å². The molecule has 0 aliphatic carbocycles. The standard InChI is InChI=1S/C16H25N5O3/c1-12(2)24-14(22)13(3)11-19-16(23)21-9-7-20(8-10-21)15-17-5-4-6-18-15/h4-6,12-13H,7-11H2,1-3H3,(H,19,23)/t13-/m1/s1. The minimum atomic E-state index is -0.365. The Morgan fingerprint density at radius 3 is 2.38 bits per heavy atom. The summed E-state index contributed by atoms with van der Waals surface area (Å²) in [5.74, 6) is 0.0225. The van der Waals surface area contributed by atoms with Gasteiger partial charge in [-0.3, -0.25) is 4.79 Å². The van der Waals surface area contributed by atoms with Crippen molar-refractivity contribution in [2.75, 3.05) is 37.6 Å². The molecule has 0 radical (unpaired) electrons. The lowest BCUT2D eigenvalue weighted by Crippen LogP contribution is -2.52. The summed E-state index contributed by atoms with van der Waals surface area (Å²) in [6.45, 7) is 8.18. The molecule has 1 aromatic heterocycles. The lowest BCUT2D eigenvalue weighted by atomic mass is 10.2. The van der Waals surface area contributed by atoms with E-state index in [4.69, 9.17) is 4.74 Å². The summed E-state index contributed by atoms with van der Waals surface area (Å²) >= 11 is 0. The molecule has 8 nitrogen and oxygen atoms in total. The number of ether oxygens (including phenoxy) is 1. The van der Waals surface area contributed by atoms with E-state index >= 15 is 0 Å². The van der Waals surface area contributed by atoms with E-state index in [0.717, 1.165) is 0 Å². The molecular weight excluding hydrogens is 310 g/mol. The number of nitrogens with zero attached hydrogens (tertiary/aromatic N) is 4. The molecule has 0 aromatic carbocycles. The molecule has 0 spiro atoms. The van der Waals surface area contributed by atoms with Gasteiger partial charge in [-0.15, -0.1) is 0 Å². The number of piperazine rings is 1. The van der Waals surface area contributed by atoms with E-state index in [-0.39, 0.29) is 30.6 Å². The Bertz CT molecular complexity index is 544. The number of nitrogens with one attached hydrogen (secondary N) is 1. The Morgan fingerprint density at radius 1 is 1.17 bits per heavy atom. The normalized spacial score (nSPS) is 16.0. The molecule has 2 heterocycles. The Balaban J connectivity index is 1.74. The maximum absolute atomic E-state index is 12.2. The zero-order valence-corrected chi connectivity index (χ0v) is 14.4. The fraction of sp³-hybridized carbons (Fsp3) is 0.625. The second kappa shape index (κ2) is 8.47. The number of aromatic nitrogens is 2. The van der Waals surface area contributed by atoms with Crippen molar-refractivity contribution in [2.24, 2.45) is 5.92 Å². The average Bonchev–Trinajstić information content (AvgIpc) is 2.59. The summed E-state index contributed by atoms with van der Waals surface area (Å²) in [5, 5.41) is 2.80. The zero-order chi connectivity index (χ0) is 17.5. The predicted octanol–water partition coefficient (Wildman–Crippen LogP) is 0.896. The smallest absolute Gasteiger partial charge is 0.317 e. The van der Waals surface area contributed by atoms with Crippen LogP contribution < -0.4 is 10.2 Å². The van der Waals surface area contributed by atoms with E-state index in [1.54, 1.807) is 44.1 Å². The minimum Gasteiger partial charge on any atom is -0.463 e. The first-order valence-electron chi connectivity index (χ1n) is 8.22. The van der Waals surface area contributed by atoms with Gasteiger partial charge in [0.2, 0.25) is 5.95 Å². The van der Waals surface area contributed by atoms with Crippen LogP contribution >= 0.6 is 0 Å². The quantitative estimate of drug-likeness (QED) is 0.804. The van der Waals surface area contributed by atoms with Crippen molar-refractivity contribution in [2.45, 2.75) is 26.9 Å². The van der Waals surface area contributed by atoms with E-state index in [0.29, 0.717) is 32.1 Å². The molecule has 2 amide bonds. The maximum Gasteiger partial charge on any atom is 0.317 e. The van der Waals surface area contributed by atoms with E-state index in [2.05, 4.69) is 15.3 Å². The number of urea groups is 1. The molecule has 0 unspecified atom stereocenters. The fourth-order valence-corrected chi connectivity index (χ4v) is 2.35. The molecular formula is C16H25N5O3. The van der Waals surface area contributed by atoms with Crippen LogP contribution in [0.3, 0.4) is 0 Å². The highest BCUT2D eigenvalue weighted by molar-refractivity contribution is 5.76. The number of rotatable bonds is 5. The molecule has 8 heteroatoms. The topological polar surface area (TPSA) is 87.7 Å². The summed E-state index contributed by atoms with van der Waals surface area (Å²) < 4.78 is 5.13. The van der Waals surface area contributed by atoms with Gasteiger partial charge >= 0.3 is 12.0 Å². The van der Waals surface area contributed by atoms with Crippen LogP contribution in [0.1, 0.15) is 20.8 Å². The van der Waals surface area contributed by atoms with Gasteiger partial charge in [0.15, 0.2) is 0 Å². The highest BCUT2D eigenvalue weighted by atomic mass is 16.5.